The third kappa shape index (κ3) is 2.46. The molecular weight excluding hydrogens is 301 g/mol. The van der Waals surface area contributed by atoms with Crippen LogP contribution in [-0.4, -0.2) is 46.7 Å². The third-order valence-electron chi connectivity index (χ3n) is 4.49. The molecule has 2 bridgehead atoms. The van der Waals surface area contributed by atoms with E-state index in [0.717, 1.165) is 5.56 Å². The van der Waals surface area contributed by atoms with E-state index in [9.17, 15) is 9.35 Å². The number of rotatable bonds is 4. The van der Waals surface area contributed by atoms with E-state index in [-0.39, 0.29) is 25.0 Å². The zero-order valence-corrected chi connectivity index (χ0v) is 13.4. The number of carbonyl (C=O) groups excluding carboxylic acids is 1. The van der Waals surface area contributed by atoms with Crippen LogP contribution in [0, 0.1) is 5.92 Å². The van der Waals surface area contributed by atoms with Crippen molar-refractivity contribution < 1.29 is 18.8 Å². The minimum atomic E-state index is -1.40. The Morgan fingerprint density at radius 2 is 2.18 bits per heavy atom. The molecule has 1 aromatic carbocycles. The van der Waals surface area contributed by atoms with Crippen molar-refractivity contribution in [2.45, 2.75) is 36.9 Å². The molecule has 0 spiro atoms. The van der Waals surface area contributed by atoms with Gasteiger partial charge in [0.25, 0.3) is 4.93 Å². The molecule has 2 unspecified atom stereocenters. The number of benzene rings is 1. The van der Waals surface area contributed by atoms with Crippen molar-refractivity contribution in [1.29, 1.82) is 0 Å². The largest absolute Gasteiger partial charge is 0.596 e. The van der Waals surface area contributed by atoms with Gasteiger partial charge in [0.05, 0.1) is 23.3 Å². The quantitative estimate of drug-likeness (QED) is 0.470. The molecule has 0 saturated carbocycles. The summed E-state index contributed by atoms with van der Waals surface area (Å²) < 4.78 is 25.2. The van der Waals surface area contributed by atoms with Crippen molar-refractivity contribution in [3.8, 4) is 0 Å². The number of likely N-dealkylation sites (N-methyl/N-ethyl adjacent to an activating group) is 1. The van der Waals surface area contributed by atoms with Crippen LogP contribution >= 0.6 is 0 Å². The molecule has 22 heavy (non-hydrogen) atoms. The number of hydrogen-bond donors (Lipinski definition) is 0. The van der Waals surface area contributed by atoms with Crippen molar-refractivity contribution >= 4 is 25.2 Å². The number of carbonyl (C=O) groups is 1. The van der Waals surface area contributed by atoms with Crippen LogP contribution in [0.25, 0.3) is 0 Å². The van der Waals surface area contributed by atoms with Crippen molar-refractivity contribution in [2.24, 2.45) is 5.92 Å². The van der Waals surface area contributed by atoms with Crippen LogP contribution in [0.15, 0.2) is 30.3 Å². The van der Waals surface area contributed by atoms with Crippen LogP contribution in [-0.2, 0) is 32.2 Å². The number of hydrogen-bond acceptors (Lipinski definition) is 5. The summed E-state index contributed by atoms with van der Waals surface area (Å²) in [6, 6.07) is 8.77. The van der Waals surface area contributed by atoms with Crippen molar-refractivity contribution in [3.63, 3.8) is 0 Å². The van der Waals surface area contributed by atoms with Crippen LogP contribution in [0.1, 0.15) is 18.9 Å². The first-order valence-corrected chi connectivity index (χ1v) is 8.34. The molecule has 0 N–H and O–H groups in total. The monoisotopic (exact) mass is 319 g/mol. The second-order valence-electron chi connectivity index (χ2n) is 5.79. The van der Waals surface area contributed by atoms with Crippen molar-refractivity contribution in [3.05, 3.63) is 35.9 Å². The zero-order valence-electron chi connectivity index (χ0n) is 12.6. The molecule has 1 aromatic rings. The highest BCUT2D eigenvalue weighted by Crippen LogP contribution is 2.52. The Balaban J connectivity index is 1.66. The Morgan fingerprint density at radius 1 is 1.50 bits per heavy atom. The average molecular weight is 319 g/mol. The van der Waals surface area contributed by atoms with Gasteiger partial charge in [-0.2, -0.15) is 0 Å². The van der Waals surface area contributed by atoms with E-state index in [2.05, 4.69) is 0 Å². The molecule has 2 fully saturated rings. The standard InChI is InChI=1S/C15H18BNO4S/c1-10-13-14(16)21-15(10,22(19)17(13)2)8-12(18)20-9-11-6-4-3-5-7-11/h3-7,10,13-14H,8-9H2,1-2H3/t10?,13-,14+,15-,22?/m0/s1. The molecule has 0 aliphatic carbocycles. The molecule has 5 atom stereocenters. The molecule has 2 heterocycles. The van der Waals surface area contributed by atoms with Crippen LogP contribution in [0.2, 0.25) is 0 Å². The zero-order chi connectivity index (χ0) is 15.9. The Bertz CT molecular complexity index is 560. The smallest absolute Gasteiger partial charge is 0.314 e. The summed E-state index contributed by atoms with van der Waals surface area (Å²) in [4.78, 5) is 11.1. The van der Waals surface area contributed by atoms with E-state index in [1.807, 2.05) is 37.3 Å². The van der Waals surface area contributed by atoms with Gasteiger partial charge in [-0.15, -0.1) is 4.31 Å². The van der Waals surface area contributed by atoms with Gasteiger partial charge in [0.1, 0.15) is 20.9 Å². The molecule has 116 valence electrons. The number of fused-ring (bicyclic) bond motifs is 2. The molecule has 2 aliphatic rings. The number of nitrogens with zero attached hydrogens (tertiary/aromatic N) is 1. The minimum Gasteiger partial charge on any atom is -0.596 e. The first kappa shape index (κ1) is 15.9. The number of esters is 1. The van der Waals surface area contributed by atoms with Crippen LogP contribution in [0.5, 0.6) is 0 Å². The summed E-state index contributed by atoms with van der Waals surface area (Å²) in [6.07, 6.45) is -0.0534. The molecule has 7 heteroatoms. The summed E-state index contributed by atoms with van der Waals surface area (Å²) >= 11 is -1.40. The number of ether oxygens (including phenoxy) is 2. The Hall–Kier alpha value is -1.02. The minimum absolute atomic E-state index is 0.0534. The molecular formula is C15H18BNO4S. The molecule has 2 saturated heterocycles. The summed E-state index contributed by atoms with van der Waals surface area (Å²) in [5.41, 5.74) is 0.910. The molecule has 0 amide bonds. The highest BCUT2D eigenvalue weighted by Gasteiger charge is 2.70. The highest BCUT2D eigenvalue weighted by molar-refractivity contribution is 7.90. The lowest BCUT2D eigenvalue weighted by atomic mass is 9.86. The van der Waals surface area contributed by atoms with E-state index in [4.69, 9.17) is 17.3 Å². The molecule has 2 radical (unpaired) electrons. The fourth-order valence-electron chi connectivity index (χ4n) is 3.28. The Labute approximate surface area is 134 Å². The lowest BCUT2D eigenvalue weighted by Crippen LogP contribution is -2.51. The van der Waals surface area contributed by atoms with Gasteiger partial charge in [-0.05, 0) is 5.56 Å². The molecule has 3 rings (SSSR count). The van der Waals surface area contributed by atoms with E-state index in [1.54, 1.807) is 11.4 Å². The predicted molar refractivity (Wildman–Crippen MR) is 83.1 cm³/mol. The average Bonchev–Trinajstić information content (AvgIpc) is 2.84. The molecule has 2 aliphatic heterocycles. The maximum atomic E-state index is 12.5. The van der Waals surface area contributed by atoms with Gasteiger partial charge in [-0.3, -0.25) is 4.79 Å². The van der Waals surface area contributed by atoms with E-state index in [1.165, 1.54) is 0 Å². The van der Waals surface area contributed by atoms with Crippen LogP contribution in [0.3, 0.4) is 0 Å². The SMILES string of the molecule is [B][C@@H]1O[C@]2(CC(=O)OCc3ccccc3)C(C)[C@@H]1N(C)[S+]2[O-]. The topological polar surface area (TPSA) is 61.8 Å². The third-order valence-corrected chi connectivity index (χ3v) is 6.46. The lowest BCUT2D eigenvalue weighted by Gasteiger charge is -2.35. The summed E-state index contributed by atoms with van der Waals surface area (Å²) in [7, 11) is 7.69. The lowest BCUT2D eigenvalue weighted by molar-refractivity contribution is -0.149. The highest BCUT2D eigenvalue weighted by atomic mass is 32.2. The van der Waals surface area contributed by atoms with Gasteiger partial charge in [0.2, 0.25) is 0 Å². The van der Waals surface area contributed by atoms with Gasteiger partial charge in [0.15, 0.2) is 0 Å². The summed E-state index contributed by atoms with van der Waals surface area (Å²) in [5, 5.41) is 0. The van der Waals surface area contributed by atoms with E-state index in [0.29, 0.717) is 0 Å². The second kappa shape index (κ2) is 5.89. The van der Waals surface area contributed by atoms with Gasteiger partial charge < -0.3 is 14.0 Å². The van der Waals surface area contributed by atoms with Gasteiger partial charge in [-0.25, -0.2) is 0 Å². The molecule has 5 nitrogen and oxygen atoms in total. The van der Waals surface area contributed by atoms with Gasteiger partial charge >= 0.3 is 5.97 Å². The maximum Gasteiger partial charge on any atom is 0.314 e. The first-order chi connectivity index (χ1) is 10.5. The van der Waals surface area contributed by atoms with Crippen molar-refractivity contribution in [1.82, 2.24) is 4.31 Å². The fourth-order valence-corrected chi connectivity index (χ4v) is 5.19. The van der Waals surface area contributed by atoms with E-state index >= 15 is 0 Å². The van der Waals surface area contributed by atoms with E-state index < -0.39 is 28.3 Å². The summed E-state index contributed by atoms with van der Waals surface area (Å²) in [6.45, 7) is 2.12. The second-order valence-corrected chi connectivity index (χ2v) is 7.56. The maximum absolute atomic E-state index is 12.5. The van der Waals surface area contributed by atoms with Crippen LogP contribution in [0.4, 0.5) is 0 Å². The van der Waals surface area contributed by atoms with Gasteiger partial charge in [0, 0.05) is 13.1 Å². The predicted octanol–water partition coefficient (Wildman–Crippen LogP) is 0.955. The first-order valence-electron chi connectivity index (χ1n) is 7.23. The van der Waals surface area contributed by atoms with Crippen LogP contribution < -0.4 is 0 Å². The normalized spacial score (nSPS) is 37.4. The fraction of sp³-hybridized carbons (Fsp3) is 0.533. The molecule has 0 aromatic heterocycles. The van der Waals surface area contributed by atoms with Gasteiger partial charge in [-0.1, -0.05) is 37.3 Å². The Morgan fingerprint density at radius 3 is 2.82 bits per heavy atom. The van der Waals surface area contributed by atoms with Crippen molar-refractivity contribution in [2.75, 3.05) is 7.05 Å². The Kier molecular flexibility index (Phi) is 4.24. The summed E-state index contributed by atoms with van der Waals surface area (Å²) in [5.74, 6) is -0.509.